The molecule has 1 aliphatic rings. The molecule has 1 aromatic heterocycles. The number of pyridine rings is 1. The van der Waals surface area contributed by atoms with Crippen molar-refractivity contribution in [2.24, 2.45) is 0 Å². The van der Waals surface area contributed by atoms with Crippen molar-refractivity contribution in [2.45, 2.75) is 12.3 Å². The summed E-state index contributed by atoms with van der Waals surface area (Å²) in [5.74, 6) is -1.42. The van der Waals surface area contributed by atoms with Crippen LogP contribution in [0.2, 0.25) is 5.02 Å². The number of nitro groups is 1. The molecular weight excluding hydrogens is 328 g/mol. The van der Waals surface area contributed by atoms with Gasteiger partial charge in [0.2, 0.25) is 5.82 Å². The summed E-state index contributed by atoms with van der Waals surface area (Å²) in [7, 11) is 0. The number of benzene rings is 1. The van der Waals surface area contributed by atoms with Gasteiger partial charge in [-0.1, -0.05) is 17.7 Å². The predicted molar refractivity (Wildman–Crippen MR) is 81.8 cm³/mol. The standard InChI is InChI=1S/C15H12ClF2N3O2/c16-10-6-13(21(22)23)15(19-7-10)20-5-4-9(8-20)14-11(17)2-1-3-12(14)18/h1-3,6-7,9H,4-5,8H2. The van der Waals surface area contributed by atoms with Crippen LogP contribution < -0.4 is 4.90 Å². The van der Waals surface area contributed by atoms with Crippen LogP contribution >= 0.6 is 11.6 Å². The molecule has 0 saturated carbocycles. The quantitative estimate of drug-likeness (QED) is 0.628. The minimum absolute atomic E-state index is 0.0200. The molecule has 2 aromatic rings. The van der Waals surface area contributed by atoms with Crippen LogP contribution in [0.25, 0.3) is 0 Å². The average molecular weight is 340 g/mol. The third-order valence-electron chi connectivity index (χ3n) is 3.91. The molecule has 1 saturated heterocycles. The van der Waals surface area contributed by atoms with Gasteiger partial charge in [-0.2, -0.15) is 0 Å². The Hall–Kier alpha value is -2.28. The number of aromatic nitrogens is 1. The second kappa shape index (κ2) is 6.08. The zero-order valence-corrected chi connectivity index (χ0v) is 12.6. The number of hydrogen-bond acceptors (Lipinski definition) is 4. The average Bonchev–Trinajstić information content (AvgIpc) is 2.96. The molecule has 23 heavy (non-hydrogen) atoms. The third-order valence-corrected chi connectivity index (χ3v) is 4.11. The molecule has 2 heterocycles. The molecule has 1 unspecified atom stereocenters. The topological polar surface area (TPSA) is 59.3 Å². The fraction of sp³-hybridized carbons (Fsp3) is 0.267. The van der Waals surface area contributed by atoms with E-state index in [0.29, 0.717) is 13.0 Å². The molecule has 0 radical (unpaired) electrons. The Morgan fingerprint density at radius 2 is 2.04 bits per heavy atom. The Morgan fingerprint density at radius 1 is 1.35 bits per heavy atom. The number of halogens is 3. The first-order valence-corrected chi connectivity index (χ1v) is 7.34. The largest absolute Gasteiger partial charge is 0.350 e. The van der Waals surface area contributed by atoms with Gasteiger partial charge in [0.25, 0.3) is 0 Å². The highest BCUT2D eigenvalue weighted by Gasteiger charge is 2.32. The van der Waals surface area contributed by atoms with Gasteiger partial charge in [0, 0.05) is 36.8 Å². The van der Waals surface area contributed by atoms with Gasteiger partial charge in [0.05, 0.1) is 9.95 Å². The minimum atomic E-state index is -0.601. The lowest BCUT2D eigenvalue weighted by Gasteiger charge is -2.18. The molecule has 0 N–H and O–H groups in total. The second-order valence-corrected chi connectivity index (χ2v) is 5.76. The lowest BCUT2D eigenvalue weighted by molar-refractivity contribution is -0.384. The van der Waals surface area contributed by atoms with Crippen LogP contribution in [0.3, 0.4) is 0 Å². The molecule has 1 aliphatic heterocycles. The molecule has 8 heteroatoms. The van der Waals surface area contributed by atoms with Crippen molar-refractivity contribution >= 4 is 23.1 Å². The maximum atomic E-state index is 13.9. The molecular formula is C15H12ClF2N3O2. The first-order valence-electron chi connectivity index (χ1n) is 6.96. The van der Waals surface area contributed by atoms with Crippen LogP contribution in [0.5, 0.6) is 0 Å². The van der Waals surface area contributed by atoms with Crippen LogP contribution in [0.4, 0.5) is 20.3 Å². The monoisotopic (exact) mass is 339 g/mol. The summed E-state index contributed by atoms with van der Waals surface area (Å²) in [6.07, 6.45) is 1.81. The number of hydrogen-bond donors (Lipinski definition) is 0. The highest BCUT2D eigenvalue weighted by atomic mass is 35.5. The van der Waals surface area contributed by atoms with E-state index in [1.54, 1.807) is 4.90 Å². The fourth-order valence-electron chi connectivity index (χ4n) is 2.89. The van der Waals surface area contributed by atoms with Crippen LogP contribution in [0.1, 0.15) is 17.9 Å². The van der Waals surface area contributed by atoms with E-state index in [4.69, 9.17) is 11.6 Å². The van der Waals surface area contributed by atoms with Crippen LogP contribution in [-0.4, -0.2) is 23.0 Å². The van der Waals surface area contributed by atoms with Gasteiger partial charge in [-0.3, -0.25) is 10.1 Å². The van der Waals surface area contributed by atoms with Crippen LogP contribution in [0.15, 0.2) is 30.5 Å². The van der Waals surface area contributed by atoms with Crippen molar-refractivity contribution < 1.29 is 13.7 Å². The Labute approximate surface area is 135 Å². The first kappa shape index (κ1) is 15.6. The van der Waals surface area contributed by atoms with Gasteiger partial charge in [0.15, 0.2) is 0 Å². The zero-order valence-electron chi connectivity index (χ0n) is 11.9. The summed E-state index contributed by atoms with van der Waals surface area (Å²) in [4.78, 5) is 16.3. The second-order valence-electron chi connectivity index (χ2n) is 5.32. The summed E-state index contributed by atoms with van der Waals surface area (Å²) >= 11 is 5.75. The molecule has 0 bridgehead atoms. The van der Waals surface area contributed by atoms with Crippen LogP contribution in [0, 0.1) is 21.7 Å². The van der Waals surface area contributed by atoms with Crippen molar-refractivity contribution in [3.8, 4) is 0 Å². The van der Waals surface area contributed by atoms with Gasteiger partial charge in [-0.15, -0.1) is 0 Å². The molecule has 0 amide bonds. The highest BCUT2D eigenvalue weighted by Crippen LogP contribution is 2.36. The van der Waals surface area contributed by atoms with Crippen molar-refractivity contribution in [2.75, 3.05) is 18.0 Å². The lowest BCUT2D eigenvalue weighted by Crippen LogP contribution is -2.22. The van der Waals surface area contributed by atoms with Gasteiger partial charge >= 0.3 is 5.69 Å². The third kappa shape index (κ3) is 2.96. The fourth-order valence-corrected chi connectivity index (χ4v) is 3.04. The molecule has 0 aliphatic carbocycles. The van der Waals surface area contributed by atoms with Gasteiger partial charge in [-0.25, -0.2) is 13.8 Å². The normalized spacial score (nSPS) is 17.5. The molecule has 1 aromatic carbocycles. The Kier molecular flexibility index (Phi) is 4.12. The van der Waals surface area contributed by atoms with E-state index >= 15 is 0 Å². The Bertz CT molecular complexity index is 752. The molecule has 0 spiro atoms. The van der Waals surface area contributed by atoms with Gasteiger partial charge in [0.1, 0.15) is 11.6 Å². The molecule has 120 valence electrons. The van der Waals surface area contributed by atoms with Gasteiger partial charge < -0.3 is 4.90 Å². The van der Waals surface area contributed by atoms with E-state index < -0.39 is 16.6 Å². The van der Waals surface area contributed by atoms with Crippen LogP contribution in [-0.2, 0) is 0 Å². The molecule has 1 fully saturated rings. The maximum absolute atomic E-state index is 13.9. The SMILES string of the molecule is O=[N+]([O-])c1cc(Cl)cnc1N1CCC(c2c(F)cccc2F)C1. The summed E-state index contributed by atoms with van der Waals surface area (Å²) in [5.41, 5.74) is -0.196. The van der Waals surface area contributed by atoms with Crippen molar-refractivity contribution in [3.05, 3.63) is 62.8 Å². The van der Waals surface area contributed by atoms with E-state index in [1.165, 1.54) is 30.5 Å². The maximum Gasteiger partial charge on any atom is 0.313 e. The van der Waals surface area contributed by atoms with Crippen molar-refractivity contribution in [1.29, 1.82) is 0 Å². The number of rotatable bonds is 3. The van der Waals surface area contributed by atoms with Crippen molar-refractivity contribution in [3.63, 3.8) is 0 Å². The predicted octanol–water partition coefficient (Wildman–Crippen LogP) is 3.92. The summed E-state index contributed by atoms with van der Waals surface area (Å²) in [6.45, 7) is 0.682. The van der Waals surface area contributed by atoms with E-state index in [-0.39, 0.29) is 34.6 Å². The molecule has 3 rings (SSSR count). The summed E-state index contributed by atoms with van der Waals surface area (Å²) < 4.78 is 27.8. The summed E-state index contributed by atoms with van der Waals surface area (Å²) in [6, 6.07) is 4.96. The van der Waals surface area contributed by atoms with E-state index in [1.807, 2.05) is 0 Å². The highest BCUT2D eigenvalue weighted by molar-refractivity contribution is 6.30. The Balaban J connectivity index is 1.90. The minimum Gasteiger partial charge on any atom is -0.350 e. The zero-order chi connectivity index (χ0) is 16.6. The lowest BCUT2D eigenvalue weighted by atomic mass is 9.97. The number of anilines is 1. The molecule has 5 nitrogen and oxygen atoms in total. The first-order chi connectivity index (χ1) is 11.0. The smallest absolute Gasteiger partial charge is 0.313 e. The van der Waals surface area contributed by atoms with E-state index in [9.17, 15) is 18.9 Å². The Morgan fingerprint density at radius 3 is 2.70 bits per heavy atom. The molecule has 1 atom stereocenters. The van der Waals surface area contributed by atoms with Gasteiger partial charge in [-0.05, 0) is 18.6 Å². The summed E-state index contributed by atoms with van der Waals surface area (Å²) in [5, 5.41) is 11.3. The van der Waals surface area contributed by atoms with E-state index in [2.05, 4.69) is 4.98 Å². The van der Waals surface area contributed by atoms with E-state index in [0.717, 1.165) is 0 Å². The number of nitrogens with zero attached hydrogens (tertiary/aromatic N) is 3. The van der Waals surface area contributed by atoms with Crippen molar-refractivity contribution in [1.82, 2.24) is 4.98 Å².